The zero-order valence-corrected chi connectivity index (χ0v) is 40.5. The number of allylic oxidation sites excluding steroid dienone is 7. The summed E-state index contributed by atoms with van der Waals surface area (Å²) >= 11 is 0. The highest BCUT2D eigenvalue weighted by molar-refractivity contribution is 5.76. The third-order valence-corrected chi connectivity index (χ3v) is 12.3. The summed E-state index contributed by atoms with van der Waals surface area (Å²) in [6, 6.07) is -0.645. The molecule has 0 aliphatic heterocycles. The van der Waals surface area contributed by atoms with E-state index in [1.165, 1.54) is 225 Å². The second-order valence-electron chi connectivity index (χ2n) is 18.3. The highest BCUT2D eigenvalue weighted by Gasteiger charge is 2.17. The lowest BCUT2D eigenvalue weighted by Crippen LogP contribution is -2.45. The van der Waals surface area contributed by atoms with Crippen LogP contribution in [0.4, 0.5) is 0 Å². The fraction of sp³-hybridized carbons (Fsp3) is 0.839. The summed E-state index contributed by atoms with van der Waals surface area (Å²) in [6.45, 7) is 4.30. The molecule has 0 heterocycles. The SMILES string of the molecule is CCCCCCCC/C=C/CC/C=C/CC/C=C/C(O)C(CO)NC(=O)CCCCCCCCCCCCCCCCCC/C=C\CCCCCCCCCCCCCC. The fourth-order valence-electron chi connectivity index (χ4n) is 8.15. The second-order valence-corrected chi connectivity index (χ2v) is 18.3. The van der Waals surface area contributed by atoms with Crippen LogP contribution in [0.1, 0.15) is 284 Å². The molecule has 0 aliphatic carbocycles. The maximum Gasteiger partial charge on any atom is 0.220 e. The fourth-order valence-corrected chi connectivity index (χ4v) is 8.15. The third-order valence-electron chi connectivity index (χ3n) is 12.3. The minimum atomic E-state index is -0.869. The molecule has 60 heavy (non-hydrogen) atoms. The minimum absolute atomic E-state index is 0.0755. The lowest BCUT2D eigenvalue weighted by atomic mass is 10.0. The van der Waals surface area contributed by atoms with Gasteiger partial charge >= 0.3 is 0 Å². The summed E-state index contributed by atoms with van der Waals surface area (Å²) in [5.74, 6) is -0.0755. The van der Waals surface area contributed by atoms with Crippen LogP contribution < -0.4 is 5.32 Å². The molecule has 352 valence electrons. The first-order chi connectivity index (χ1) is 29.7. The highest BCUT2D eigenvalue weighted by Crippen LogP contribution is 2.16. The normalized spacial score (nSPS) is 13.2. The quantitative estimate of drug-likeness (QED) is 0.0422. The van der Waals surface area contributed by atoms with E-state index in [0.717, 1.165) is 38.5 Å². The maximum atomic E-state index is 12.4. The number of rotatable bonds is 49. The van der Waals surface area contributed by atoms with Gasteiger partial charge in [0.2, 0.25) is 5.91 Å². The van der Waals surface area contributed by atoms with Crippen LogP contribution in [0.5, 0.6) is 0 Å². The van der Waals surface area contributed by atoms with Gasteiger partial charge in [-0.3, -0.25) is 4.79 Å². The van der Waals surface area contributed by atoms with Crippen molar-refractivity contribution in [1.29, 1.82) is 0 Å². The number of aliphatic hydroxyl groups excluding tert-OH is 2. The smallest absolute Gasteiger partial charge is 0.220 e. The van der Waals surface area contributed by atoms with E-state index in [-0.39, 0.29) is 12.5 Å². The van der Waals surface area contributed by atoms with Crippen molar-refractivity contribution in [3.63, 3.8) is 0 Å². The van der Waals surface area contributed by atoms with Gasteiger partial charge in [-0.05, 0) is 70.6 Å². The minimum Gasteiger partial charge on any atom is -0.394 e. The topological polar surface area (TPSA) is 69.6 Å². The Morgan fingerprint density at radius 2 is 0.650 bits per heavy atom. The van der Waals surface area contributed by atoms with Crippen molar-refractivity contribution in [2.24, 2.45) is 0 Å². The lowest BCUT2D eigenvalue weighted by Gasteiger charge is -2.19. The molecule has 0 aliphatic rings. The Morgan fingerprint density at radius 1 is 0.383 bits per heavy atom. The van der Waals surface area contributed by atoms with Crippen LogP contribution in [0.15, 0.2) is 48.6 Å². The number of nitrogens with one attached hydrogen (secondary N) is 1. The van der Waals surface area contributed by atoms with Gasteiger partial charge in [0.25, 0.3) is 0 Å². The Balaban J connectivity index is 3.48. The van der Waals surface area contributed by atoms with E-state index >= 15 is 0 Å². The molecule has 0 saturated carbocycles. The molecule has 0 fully saturated rings. The first kappa shape index (κ1) is 58.4. The molecule has 0 spiro atoms. The van der Waals surface area contributed by atoms with Crippen molar-refractivity contribution >= 4 is 5.91 Å². The molecule has 0 bridgehead atoms. The Hall–Kier alpha value is -1.65. The lowest BCUT2D eigenvalue weighted by molar-refractivity contribution is -0.123. The molecule has 0 saturated heterocycles. The number of hydrogen-bond donors (Lipinski definition) is 3. The van der Waals surface area contributed by atoms with E-state index in [4.69, 9.17) is 0 Å². The molecule has 0 rings (SSSR count). The summed E-state index contributed by atoms with van der Waals surface area (Å²) in [6.07, 6.45) is 71.3. The molecule has 1 amide bonds. The van der Waals surface area contributed by atoms with E-state index in [9.17, 15) is 15.0 Å². The van der Waals surface area contributed by atoms with E-state index in [2.05, 4.69) is 55.6 Å². The predicted molar refractivity (Wildman–Crippen MR) is 267 cm³/mol. The van der Waals surface area contributed by atoms with Crippen molar-refractivity contribution in [2.75, 3.05) is 6.61 Å². The Labute approximate surface area is 375 Å². The molecular weight excluding hydrogens is 735 g/mol. The van der Waals surface area contributed by atoms with Crippen LogP contribution in [0.2, 0.25) is 0 Å². The maximum absolute atomic E-state index is 12.4. The molecule has 0 aromatic carbocycles. The number of carbonyl (C=O) groups excluding carboxylic acids is 1. The van der Waals surface area contributed by atoms with Gasteiger partial charge < -0.3 is 15.5 Å². The Bertz CT molecular complexity index is 954. The zero-order chi connectivity index (χ0) is 43.5. The van der Waals surface area contributed by atoms with Crippen molar-refractivity contribution < 1.29 is 15.0 Å². The van der Waals surface area contributed by atoms with Gasteiger partial charge in [-0.1, -0.05) is 255 Å². The number of hydrogen-bond acceptors (Lipinski definition) is 3. The zero-order valence-electron chi connectivity index (χ0n) is 40.5. The van der Waals surface area contributed by atoms with Crippen molar-refractivity contribution in [3.05, 3.63) is 48.6 Å². The Morgan fingerprint density at radius 3 is 0.967 bits per heavy atom. The van der Waals surface area contributed by atoms with Crippen LogP contribution >= 0.6 is 0 Å². The molecule has 0 aromatic rings. The predicted octanol–water partition coefficient (Wildman–Crippen LogP) is 17.5. The van der Waals surface area contributed by atoms with Gasteiger partial charge in [-0.25, -0.2) is 0 Å². The molecular formula is C56H105NO3. The molecule has 2 unspecified atom stereocenters. The molecule has 0 aromatic heterocycles. The van der Waals surface area contributed by atoms with E-state index in [1.54, 1.807) is 6.08 Å². The van der Waals surface area contributed by atoms with Crippen LogP contribution in [-0.2, 0) is 4.79 Å². The molecule has 0 radical (unpaired) electrons. The molecule has 2 atom stereocenters. The van der Waals surface area contributed by atoms with Gasteiger partial charge in [0, 0.05) is 6.42 Å². The number of amides is 1. The van der Waals surface area contributed by atoms with Gasteiger partial charge in [-0.2, -0.15) is 0 Å². The van der Waals surface area contributed by atoms with E-state index in [0.29, 0.717) is 6.42 Å². The number of carbonyl (C=O) groups is 1. The Kier molecular flexibility index (Phi) is 50.3. The molecule has 4 nitrogen and oxygen atoms in total. The summed E-state index contributed by atoms with van der Waals surface area (Å²) < 4.78 is 0. The summed E-state index contributed by atoms with van der Waals surface area (Å²) in [5.41, 5.74) is 0. The average molecular weight is 840 g/mol. The van der Waals surface area contributed by atoms with Crippen LogP contribution in [-0.4, -0.2) is 34.9 Å². The average Bonchev–Trinajstić information content (AvgIpc) is 3.25. The first-order valence-corrected chi connectivity index (χ1v) is 26.9. The van der Waals surface area contributed by atoms with Crippen molar-refractivity contribution in [3.8, 4) is 0 Å². The summed E-state index contributed by atoms with van der Waals surface area (Å²) in [5, 5.41) is 23.1. The third kappa shape index (κ3) is 47.4. The highest BCUT2D eigenvalue weighted by atomic mass is 16.3. The van der Waals surface area contributed by atoms with E-state index < -0.39 is 12.1 Å². The number of unbranched alkanes of at least 4 members (excludes halogenated alkanes) is 36. The van der Waals surface area contributed by atoms with E-state index in [1.807, 2.05) is 6.08 Å². The van der Waals surface area contributed by atoms with Gasteiger partial charge in [0.1, 0.15) is 0 Å². The van der Waals surface area contributed by atoms with Crippen LogP contribution in [0.3, 0.4) is 0 Å². The largest absolute Gasteiger partial charge is 0.394 e. The summed E-state index contributed by atoms with van der Waals surface area (Å²) in [4.78, 5) is 12.4. The van der Waals surface area contributed by atoms with Crippen molar-refractivity contribution in [1.82, 2.24) is 5.32 Å². The summed E-state index contributed by atoms with van der Waals surface area (Å²) in [7, 11) is 0. The molecule has 3 N–H and O–H groups in total. The van der Waals surface area contributed by atoms with Gasteiger partial charge in [0.05, 0.1) is 18.8 Å². The van der Waals surface area contributed by atoms with Gasteiger partial charge in [0.15, 0.2) is 0 Å². The van der Waals surface area contributed by atoms with Gasteiger partial charge in [-0.15, -0.1) is 0 Å². The monoisotopic (exact) mass is 840 g/mol. The first-order valence-electron chi connectivity index (χ1n) is 26.9. The van der Waals surface area contributed by atoms with Crippen molar-refractivity contribution in [2.45, 2.75) is 296 Å². The molecule has 4 heteroatoms. The van der Waals surface area contributed by atoms with Crippen LogP contribution in [0.25, 0.3) is 0 Å². The second kappa shape index (κ2) is 51.7. The standard InChI is InChI=1S/C56H105NO3/c1-3-5-7-9-11-13-15-17-19-21-22-23-24-25-26-27-28-29-30-31-32-33-34-35-36-38-40-42-44-46-48-50-52-56(60)57-54(53-58)55(59)51-49-47-45-43-41-39-37-20-18-16-14-12-10-8-6-4-2/h18,20,25-26,41,43,49,51,54-55,58-59H,3-17,19,21-24,27-40,42,44-48,50,52-53H2,1-2H3,(H,57,60)/b20-18+,26-25-,43-41+,51-49+. The number of aliphatic hydroxyl groups is 2. The van der Waals surface area contributed by atoms with Crippen LogP contribution in [0, 0.1) is 0 Å².